The van der Waals surface area contributed by atoms with Crippen molar-refractivity contribution in [3.05, 3.63) is 59.4 Å². The Labute approximate surface area is 168 Å². The van der Waals surface area contributed by atoms with Gasteiger partial charge in [0.05, 0.1) is 23.3 Å². The van der Waals surface area contributed by atoms with Crippen LogP contribution in [0.2, 0.25) is 0 Å². The summed E-state index contributed by atoms with van der Waals surface area (Å²) in [5.74, 6) is -0.112. The number of piperazine rings is 1. The fraction of sp³-hybridized carbons (Fsp3) is 0.333. The third-order valence-electron chi connectivity index (χ3n) is 5.06. The van der Waals surface area contributed by atoms with Crippen LogP contribution in [0.15, 0.2) is 48.5 Å². The van der Waals surface area contributed by atoms with Crippen LogP contribution in [0.4, 0.5) is 10.1 Å². The number of hydrogen-bond acceptors (Lipinski definition) is 5. The highest BCUT2D eigenvalue weighted by atomic mass is 32.1. The summed E-state index contributed by atoms with van der Waals surface area (Å²) in [6, 6.07) is 14.6. The Bertz CT molecular complexity index is 917. The maximum absolute atomic E-state index is 13.1. The largest absolute Gasteiger partial charge is 0.369 e. The number of amides is 1. The number of para-hydroxylation sites is 1. The highest BCUT2D eigenvalue weighted by molar-refractivity contribution is 7.18. The summed E-state index contributed by atoms with van der Waals surface area (Å²) in [6.45, 7) is 4.25. The molecule has 146 valence electrons. The molecule has 1 aliphatic heterocycles. The molecular formula is C21H23FN4OS. The van der Waals surface area contributed by atoms with Crippen molar-refractivity contribution in [2.75, 3.05) is 44.7 Å². The lowest BCUT2D eigenvalue weighted by Gasteiger charge is -2.36. The fourth-order valence-electron chi connectivity index (χ4n) is 3.41. The molecule has 1 fully saturated rings. The molecule has 0 saturated carbocycles. The number of nitrogens with zero attached hydrogens (tertiary/aromatic N) is 4. The summed E-state index contributed by atoms with van der Waals surface area (Å²) in [5.41, 5.74) is 2.01. The van der Waals surface area contributed by atoms with Crippen LogP contribution in [0.1, 0.15) is 5.01 Å². The number of thiazole rings is 1. The van der Waals surface area contributed by atoms with E-state index in [2.05, 4.69) is 20.9 Å². The number of carbonyl (C=O) groups is 1. The van der Waals surface area contributed by atoms with Gasteiger partial charge in [0, 0.05) is 38.9 Å². The number of anilines is 1. The van der Waals surface area contributed by atoms with E-state index in [-0.39, 0.29) is 11.7 Å². The van der Waals surface area contributed by atoms with Crippen molar-refractivity contribution in [3.63, 3.8) is 0 Å². The minimum absolute atomic E-state index is 0.106. The Balaban J connectivity index is 1.28. The van der Waals surface area contributed by atoms with E-state index in [9.17, 15) is 9.18 Å². The quantitative estimate of drug-likeness (QED) is 0.662. The lowest BCUT2D eigenvalue weighted by atomic mass is 10.2. The lowest BCUT2D eigenvalue weighted by molar-refractivity contribution is -0.131. The average molecular weight is 399 g/mol. The molecule has 0 N–H and O–H groups in total. The monoisotopic (exact) mass is 398 g/mol. The summed E-state index contributed by atoms with van der Waals surface area (Å²) < 4.78 is 14.2. The van der Waals surface area contributed by atoms with Crippen LogP contribution in [-0.4, -0.2) is 60.5 Å². The molecule has 4 rings (SSSR count). The molecule has 0 unspecified atom stereocenters. The van der Waals surface area contributed by atoms with Crippen molar-refractivity contribution in [2.45, 2.75) is 6.54 Å². The van der Waals surface area contributed by atoms with Gasteiger partial charge in [0.15, 0.2) is 0 Å². The number of rotatable bonds is 5. The first kappa shape index (κ1) is 18.8. The van der Waals surface area contributed by atoms with Crippen LogP contribution in [0.3, 0.4) is 0 Å². The summed E-state index contributed by atoms with van der Waals surface area (Å²) >= 11 is 1.64. The fourth-order valence-corrected chi connectivity index (χ4v) is 4.43. The van der Waals surface area contributed by atoms with E-state index >= 15 is 0 Å². The maximum atomic E-state index is 13.1. The molecule has 1 aromatic heterocycles. The zero-order valence-corrected chi connectivity index (χ0v) is 16.7. The lowest BCUT2D eigenvalue weighted by Crippen LogP contribution is -2.49. The molecule has 7 heteroatoms. The molecule has 1 saturated heterocycles. The minimum atomic E-state index is -0.218. The molecule has 0 aliphatic carbocycles. The average Bonchev–Trinajstić information content (AvgIpc) is 3.11. The van der Waals surface area contributed by atoms with Gasteiger partial charge in [-0.05, 0) is 36.4 Å². The van der Waals surface area contributed by atoms with E-state index in [1.54, 1.807) is 16.2 Å². The highest BCUT2D eigenvalue weighted by Gasteiger charge is 2.21. The third kappa shape index (κ3) is 4.31. The molecule has 5 nitrogen and oxygen atoms in total. The number of hydrogen-bond donors (Lipinski definition) is 0. The normalized spacial score (nSPS) is 15.1. The Morgan fingerprint density at radius 1 is 1.11 bits per heavy atom. The van der Waals surface area contributed by atoms with Gasteiger partial charge in [0.25, 0.3) is 0 Å². The summed E-state index contributed by atoms with van der Waals surface area (Å²) in [4.78, 5) is 23.4. The zero-order chi connectivity index (χ0) is 19.5. The molecule has 0 spiro atoms. The summed E-state index contributed by atoms with van der Waals surface area (Å²) in [5, 5.41) is 0.957. The van der Waals surface area contributed by atoms with Crippen molar-refractivity contribution >= 4 is 33.1 Å². The number of carbonyl (C=O) groups excluding carboxylic acids is 1. The van der Waals surface area contributed by atoms with Crippen LogP contribution >= 0.6 is 11.3 Å². The van der Waals surface area contributed by atoms with Gasteiger partial charge in [-0.3, -0.25) is 9.69 Å². The molecule has 2 aromatic carbocycles. The van der Waals surface area contributed by atoms with Gasteiger partial charge in [0.2, 0.25) is 5.91 Å². The SMILES string of the molecule is CN(Cc1nc2ccccc2s1)C(=O)CN1CCN(c2ccc(F)cc2)CC1. The second-order valence-corrected chi connectivity index (χ2v) is 8.18. The van der Waals surface area contributed by atoms with Gasteiger partial charge in [-0.1, -0.05) is 12.1 Å². The first-order valence-corrected chi connectivity index (χ1v) is 10.2. The molecular weight excluding hydrogens is 375 g/mol. The Morgan fingerprint density at radius 2 is 1.82 bits per heavy atom. The number of halogens is 1. The molecule has 2 heterocycles. The number of fused-ring (bicyclic) bond motifs is 1. The zero-order valence-electron chi connectivity index (χ0n) is 15.8. The predicted octanol–water partition coefficient (Wildman–Crippen LogP) is 3.22. The molecule has 0 radical (unpaired) electrons. The third-order valence-corrected chi connectivity index (χ3v) is 6.08. The second kappa shape index (κ2) is 8.24. The minimum Gasteiger partial charge on any atom is -0.369 e. The van der Waals surface area contributed by atoms with Gasteiger partial charge in [-0.25, -0.2) is 9.37 Å². The van der Waals surface area contributed by atoms with Gasteiger partial charge in [-0.2, -0.15) is 0 Å². The van der Waals surface area contributed by atoms with Gasteiger partial charge in [0.1, 0.15) is 10.8 Å². The van der Waals surface area contributed by atoms with E-state index < -0.39 is 0 Å². The Kier molecular flexibility index (Phi) is 5.54. The molecule has 1 amide bonds. The van der Waals surface area contributed by atoms with Gasteiger partial charge < -0.3 is 9.80 Å². The van der Waals surface area contributed by atoms with Gasteiger partial charge in [-0.15, -0.1) is 11.3 Å². The van der Waals surface area contributed by atoms with Crippen LogP contribution in [0.5, 0.6) is 0 Å². The number of benzene rings is 2. The van der Waals surface area contributed by atoms with E-state index in [0.717, 1.165) is 47.1 Å². The van der Waals surface area contributed by atoms with Crippen molar-refractivity contribution in [3.8, 4) is 0 Å². The molecule has 1 aliphatic rings. The van der Waals surface area contributed by atoms with Crippen molar-refractivity contribution in [1.82, 2.24) is 14.8 Å². The van der Waals surface area contributed by atoms with Crippen LogP contribution in [-0.2, 0) is 11.3 Å². The van der Waals surface area contributed by atoms with Crippen LogP contribution in [0.25, 0.3) is 10.2 Å². The highest BCUT2D eigenvalue weighted by Crippen LogP contribution is 2.22. The smallest absolute Gasteiger partial charge is 0.236 e. The molecule has 0 bridgehead atoms. The predicted molar refractivity (Wildman–Crippen MR) is 111 cm³/mol. The second-order valence-electron chi connectivity index (χ2n) is 7.06. The van der Waals surface area contributed by atoms with E-state index in [4.69, 9.17) is 0 Å². The maximum Gasteiger partial charge on any atom is 0.236 e. The van der Waals surface area contributed by atoms with E-state index in [1.165, 1.54) is 12.1 Å². The first-order valence-electron chi connectivity index (χ1n) is 9.40. The van der Waals surface area contributed by atoms with Crippen LogP contribution < -0.4 is 4.90 Å². The first-order chi connectivity index (χ1) is 13.6. The number of likely N-dealkylation sites (N-methyl/N-ethyl adjacent to an activating group) is 1. The Hall–Kier alpha value is -2.51. The van der Waals surface area contributed by atoms with E-state index in [1.807, 2.05) is 37.4 Å². The van der Waals surface area contributed by atoms with Crippen LogP contribution in [0, 0.1) is 5.82 Å². The standard InChI is InChI=1S/C21H23FN4OS/c1-24(14-20-23-18-4-2-3-5-19(18)28-20)21(27)15-25-10-12-26(13-11-25)17-8-6-16(22)7-9-17/h2-9H,10-15H2,1H3. The Morgan fingerprint density at radius 3 is 2.54 bits per heavy atom. The molecule has 3 aromatic rings. The van der Waals surface area contributed by atoms with Gasteiger partial charge >= 0.3 is 0 Å². The topological polar surface area (TPSA) is 39.7 Å². The molecule has 0 atom stereocenters. The molecule has 28 heavy (non-hydrogen) atoms. The van der Waals surface area contributed by atoms with Crippen molar-refractivity contribution in [2.24, 2.45) is 0 Å². The van der Waals surface area contributed by atoms with Crippen molar-refractivity contribution < 1.29 is 9.18 Å². The summed E-state index contributed by atoms with van der Waals surface area (Å²) in [6.07, 6.45) is 0. The summed E-state index contributed by atoms with van der Waals surface area (Å²) in [7, 11) is 1.84. The van der Waals surface area contributed by atoms with E-state index in [0.29, 0.717) is 13.1 Å². The number of aromatic nitrogens is 1. The van der Waals surface area contributed by atoms with Crippen molar-refractivity contribution in [1.29, 1.82) is 0 Å².